The molecular formula is C14H17N3O4S. The Kier molecular flexibility index (Phi) is 4.70. The number of hydrogen-bond acceptors (Lipinski definition) is 6. The van der Waals surface area contributed by atoms with Crippen LogP contribution in [-0.4, -0.2) is 31.9 Å². The van der Waals surface area contributed by atoms with E-state index in [1.54, 1.807) is 27.0 Å². The van der Waals surface area contributed by atoms with Gasteiger partial charge in [0.2, 0.25) is 0 Å². The molecule has 2 aromatic rings. The van der Waals surface area contributed by atoms with E-state index >= 15 is 0 Å². The van der Waals surface area contributed by atoms with Gasteiger partial charge in [-0.3, -0.25) is 18.7 Å². The summed E-state index contributed by atoms with van der Waals surface area (Å²) in [6.45, 7) is 3.75. The predicted molar refractivity (Wildman–Crippen MR) is 84.2 cm³/mol. The van der Waals surface area contributed by atoms with Crippen LogP contribution in [0.1, 0.15) is 13.8 Å². The largest absolute Gasteiger partial charge is 0.465 e. The van der Waals surface area contributed by atoms with Crippen molar-refractivity contribution in [2.75, 3.05) is 6.61 Å². The van der Waals surface area contributed by atoms with Gasteiger partial charge in [-0.05, 0) is 19.9 Å². The Morgan fingerprint density at radius 1 is 1.36 bits per heavy atom. The topological polar surface area (TPSA) is 83.2 Å². The number of carbonyl (C=O) groups excluding carboxylic acids is 1. The third kappa shape index (κ3) is 2.78. The van der Waals surface area contributed by atoms with Crippen LogP contribution in [0.15, 0.2) is 26.7 Å². The first-order chi connectivity index (χ1) is 10.4. The van der Waals surface area contributed by atoms with Crippen LogP contribution in [0.3, 0.4) is 0 Å². The van der Waals surface area contributed by atoms with E-state index in [9.17, 15) is 14.4 Å². The average molecular weight is 323 g/mol. The number of hydrogen-bond donors (Lipinski definition) is 0. The van der Waals surface area contributed by atoms with Gasteiger partial charge >= 0.3 is 11.7 Å². The summed E-state index contributed by atoms with van der Waals surface area (Å²) >= 11 is 1.22. The quantitative estimate of drug-likeness (QED) is 0.608. The number of carbonyl (C=O) groups is 1. The molecule has 118 valence electrons. The van der Waals surface area contributed by atoms with Crippen LogP contribution in [0.2, 0.25) is 0 Å². The lowest BCUT2D eigenvalue weighted by Gasteiger charge is -2.13. The number of fused-ring (bicyclic) bond motifs is 1. The first-order valence-corrected chi connectivity index (χ1v) is 7.64. The minimum Gasteiger partial charge on any atom is -0.465 e. The summed E-state index contributed by atoms with van der Waals surface area (Å²) in [6, 6.07) is 1.66. The van der Waals surface area contributed by atoms with Gasteiger partial charge in [-0.25, -0.2) is 9.78 Å². The molecule has 0 N–H and O–H groups in total. The normalized spacial score (nSPS) is 12.4. The highest BCUT2D eigenvalue weighted by Crippen LogP contribution is 2.28. The molecular weight excluding hydrogens is 306 g/mol. The van der Waals surface area contributed by atoms with Crippen molar-refractivity contribution in [3.8, 4) is 0 Å². The number of aryl methyl sites for hydroxylation is 1. The number of esters is 1. The number of thioether (sulfide) groups is 1. The van der Waals surface area contributed by atoms with Crippen LogP contribution in [0.4, 0.5) is 0 Å². The highest BCUT2D eigenvalue weighted by atomic mass is 32.2. The minimum atomic E-state index is -0.465. The van der Waals surface area contributed by atoms with Crippen LogP contribution in [0.5, 0.6) is 0 Å². The smallest absolute Gasteiger partial charge is 0.332 e. The van der Waals surface area contributed by atoms with Crippen molar-refractivity contribution >= 4 is 28.8 Å². The van der Waals surface area contributed by atoms with Crippen molar-refractivity contribution in [1.82, 2.24) is 14.1 Å². The lowest BCUT2D eigenvalue weighted by Crippen LogP contribution is -2.37. The fraction of sp³-hybridized carbons (Fsp3) is 0.429. The van der Waals surface area contributed by atoms with Gasteiger partial charge in [-0.15, -0.1) is 11.8 Å². The summed E-state index contributed by atoms with van der Waals surface area (Å²) in [4.78, 5) is 40.8. The van der Waals surface area contributed by atoms with E-state index in [1.165, 1.54) is 29.6 Å². The molecule has 22 heavy (non-hydrogen) atoms. The highest BCUT2D eigenvalue weighted by Gasteiger charge is 2.20. The molecule has 0 unspecified atom stereocenters. The average Bonchev–Trinajstić information content (AvgIpc) is 2.50. The fourth-order valence-electron chi connectivity index (χ4n) is 2.06. The van der Waals surface area contributed by atoms with Gasteiger partial charge in [-0.1, -0.05) is 0 Å². The summed E-state index contributed by atoms with van der Waals surface area (Å²) < 4.78 is 7.32. The second kappa shape index (κ2) is 6.35. The van der Waals surface area contributed by atoms with Gasteiger partial charge in [0.15, 0.2) is 0 Å². The van der Waals surface area contributed by atoms with E-state index in [4.69, 9.17) is 4.74 Å². The molecule has 2 rings (SSSR count). The number of pyridine rings is 1. The molecule has 0 bridgehead atoms. The Bertz CT molecular complexity index is 840. The molecule has 2 heterocycles. The van der Waals surface area contributed by atoms with E-state index in [2.05, 4.69) is 4.98 Å². The number of rotatable bonds is 4. The highest BCUT2D eigenvalue weighted by molar-refractivity contribution is 8.00. The third-order valence-corrected chi connectivity index (χ3v) is 4.37. The molecule has 0 fully saturated rings. The van der Waals surface area contributed by atoms with Crippen molar-refractivity contribution in [3.05, 3.63) is 33.1 Å². The number of nitrogens with zero attached hydrogens (tertiary/aromatic N) is 3. The molecule has 0 saturated heterocycles. The van der Waals surface area contributed by atoms with Gasteiger partial charge in [0.05, 0.1) is 12.0 Å². The van der Waals surface area contributed by atoms with Crippen LogP contribution >= 0.6 is 11.8 Å². The van der Waals surface area contributed by atoms with E-state index in [0.29, 0.717) is 22.5 Å². The van der Waals surface area contributed by atoms with E-state index in [0.717, 1.165) is 4.57 Å². The maximum absolute atomic E-state index is 12.4. The van der Waals surface area contributed by atoms with E-state index < -0.39 is 16.5 Å². The zero-order valence-electron chi connectivity index (χ0n) is 12.8. The van der Waals surface area contributed by atoms with Crippen molar-refractivity contribution in [2.45, 2.75) is 24.0 Å². The Labute approximate surface area is 130 Å². The summed E-state index contributed by atoms with van der Waals surface area (Å²) in [5.74, 6) is -0.348. The van der Waals surface area contributed by atoms with Crippen molar-refractivity contribution in [1.29, 1.82) is 0 Å². The van der Waals surface area contributed by atoms with Gasteiger partial charge in [0.1, 0.15) is 10.9 Å². The van der Waals surface area contributed by atoms with Crippen LogP contribution in [-0.2, 0) is 23.6 Å². The number of ether oxygens (including phenoxy) is 1. The van der Waals surface area contributed by atoms with Crippen molar-refractivity contribution < 1.29 is 9.53 Å². The maximum Gasteiger partial charge on any atom is 0.332 e. The lowest BCUT2D eigenvalue weighted by atomic mass is 10.3. The zero-order chi connectivity index (χ0) is 16.4. The lowest BCUT2D eigenvalue weighted by molar-refractivity contribution is -0.142. The molecule has 0 aromatic carbocycles. The molecule has 1 atom stereocenters. The molecule has 0 amide bonds. The SMILES string of the molecule is CCOC(=O)[C@H](C)Sc1ccnc2c1c(=O)n(C)c(=O)n2C. The van der Waals surface area contributed by atoms with Crippen molar-refractivity contribution in [3.63, 3.8) is 0 Å². The first-order valence-electron chi connectivity index (χ1n) is 6.76. The van der Waals surface area contributed by atoms with Crippen LogP contribution in [0.25, 0.3) is 11.0 Å². The second-order valence-corrected chi connectivity index (χ2v) is 6.11. The van der Waals surface area contributed by atoms with Crippen molar-refractivity contribution in [2.24, 2.45) is 14.1 Å². The Morgan fingerprint density at radius 2 is 2.05 bits per heavy atom. The molecule has 7 nitrogen and oxygen atoms in total. The Morgan fingerprint density at radius 3 is 2.68 bits per heavy atom. The summed E-state index contributed by atoms with van der Waals surface area (Å²) in [5, 5.41) is -0.138. The minimum absolute atomic E-state index is 0.300. The summed E-state index contributed by atoms with van der Waals surface area (Å²) in [5.41, 5.74) is -0.565. The van der Waals surface area contributed by atoms with Gasteiger partial charge in [-0.2, -0.15) is 0 Å². The Balaban J connectivity index is 2.59. The molecule has 8 heteroatoms. The molecule has 2 aromatic heterocycles. The molecule has 0 saturated carbocycles. The second-order valence-electron chi connectivity index (χ2n) is 4.73. The zero-order valence-corrected chi connectivity index (χ0v) is 13.6. The molecule has 0 aliphatic carbocycles. The summed E-state index contributed by atoms with van der Waals surface area (Å²) in [6.07, 6.45) is 1.52. The van der Waals surface area contributed by atoms with E-state index in [-0.39, 0.29) is 5.97 Å². The van der Waals surface area contributed by atoms with Gasteiger partial charge in [0, 0.05) is 25.2 Å². The summed E-state index contributed by atoms with van der Waals surface area (Å²) in [7, 11) is 2.97. The molecule has 0 aliphatic heterocycles. The monoisotopic (exact) mass is 323 g/mol. The standard InChI is InChI=1S/C14H17N3O4S/c1-5-21-13(19)8(2)22-9-6-7-15-11-10(9)12(18)17(4)14(20)16(11)3/h6-8H,5H2,1-4H3/t8-/m0/s1. The first kappa shape index (κ1) is 16.3. The van der Waals surface area contributed by atoms with Gasteiger partial charge < -0.3 is 4.74 Å². The van der Waals surface area contributed by atoms with E-state index in [1.807, 2.05) is 0 Å². The molecule has 0 aliphatic rings. The fourth-order valence-corrected chi connectivity index (χ4v) is 3.04. The molecule has 0 spiro atoms. The van der Waals surface area contributed by atoms with Crippen LogP contribution in [0, 0.1) is 0 Å². The number of aromatic nitrogens is 3. The van der Waals surface area contributed by atoms with Gasteiger partial charge in [0.25, 0.3) is 5.56 Å². The van der Waals surface area contributed by atoms with Crippen LogP contribution < -0.4 is 11.2 Å². The maximum atomic E-state index is 12.4. The third-order valence-electron chi connectivity index (χ3n) is 3.23. The Hall–Kier alpha value is -2.09. The molecule has 0 radical (unpaired) electrons. The predicted octanol–water partition coefficient (Wildman–Crippen LogP) is 0.676.